The molecule has 17 heteroatoms. The fraction of sp³-hybridized carbons (Fsp3) is 0.517. The molecule has 2 saturated carbocycles. The van der Waals surface area contributed by atoms with E-state index in [1.54, 1.807) is 18.6 Å². The average Bonchev–Trinajstić information content (AvgIpc) is 4.16. The van der Waals surface area contributed by atoms with Gasteiger partial charge in [-0.3, -0.25) is 34.3 Å². The number of fused-ring (bicyclic) bond motifs is 3. The number of carbonyl (C=O) groups is 5. The number of anilines is 4. The predicted molar refractivity (Wildman–Crippen MR) is 284 cm³/mol. The molecule has 2 aliphatic carbocycles. The summed E-state index contributed by atoms with van der Waals surface area (Å²) in [5, 5.41) is 9.31. The Labute approximate surface area is 437 Å². The summed E-state index contributed by atoms with van der Waals surface area (Å²) in [4.78, 5) is 90.0. The van der Waals surface area contributed by atoms with E-state index in [-0.39, 0.29) is 71.1 Å². The van der Waals surface area contributed by atoms with Crippen LogP contribution in [0.4, 0.5) is 27.3 Å². The van der Waals surface area contributed by atoms with Gasteiger partial charge in [0.1, 0.15) is 5.52 Å². The molecule has 1 spiro atoms. The maximum atomic E-state index is 15.3. The molecule has 3 aromatic heterocycles. The van der Waals surface area contributed by atoms with Gasteiger partial charge in [0.15, 0.2) is 11.6 Å². The predicted octanol–water partition coefficient (Wildman–Crippen LogP) is 8.22. The zero-order valence-corrected chi connectivity index (χ0v) is 43.1. The first-order valence-electron chi connectivity index (χ1n) is 27.7. The van der Waals surface area contributed by atoms with E-state index in [4.69, 9.17) is 9.97 Å². The van der Waals surface area contributed by atoms with Crippen molar-refractivity contribution in [1.82, 2.24) is 39.5 Å². The van der Waals surface area contributed by atoms with Crippen molar-refractivity contribution >= 4 is 63.4 Å². The lowest BCUT2D eigenvalue weighted by atomic mass is 9.73. The third-order valence-electron chi connectivity index (χ3n) is 18.0. The normalized spacial score (nSPS) is 25.9. The summed E-state index contributed by atoms with van der Waals surface area (Å²) in [6.45, 7) is 8.32. The quantitative estimate of drug-likeness (QED) is 0.109. The number of imide groups is 1. The SMILES string of the molecule is CC(C)n1cnc2cc(-c3ccc4c(c3)N(C3CC(N5CCCCC5)C3)C(=O)C43CCN(C(=O)[C@@H]4CCN(C(=O)C5CCC(Nc6ccc(C7CCC(=O)NC7=O)cc6)CC5)C4)CC3)nc(Nc3ccncc3F)c21. The zero-order chi connectivity index (χ0) is 51.5. The van der Waals surface area contributed by atoms with E-state index >= 15 is 9.18 Å². The Hall–Kier alpha value is -6.75. The van der Waals surface area contributed by atoms with Crippen molar-refractivity contribution in [2.45, 2.75) is 139 Å². The van der Waals surface area contributed by atoms with Crippen LogP contribution in [0.5, 0.6) is 0 Å². The van der Waals surface area contributed by atoms with Gasteiger partial charge >= 0.3 is 0 Å². The molecule has 392 valence electrons. The van der Waals surface area contributed by atoms with E-state index in [1.807, 2.05) is 44.7 Å². The van der Waals surface area contributed by atoms with Crippen molar-refractivity contribution in [3.05, 3.63) is 90.3 Å². The number of hydrogen-bond acceptors (Lipinski definition) is 11. The number of nitrogens with zero attached hydrogens (tertiary/aromatic N) is 8. The number of piperidine rings is 3. The summed E-state index contributed by atoms with van der Waals surface area (Å²) in [6.07, 6.45) is 15.9. The molecule has 12 rings (SSSR count). The molecular formula is C58H68FN11O5. The maximum Gasteiger partial charge on any atom is 0.238 e. The Morgan fingerprint density at radius 3 is 2.31 bits per heavy atom. The lowest BCUT2D eigenvalue weighted by Gasteiger charge is -2.48. The Bertz CT molecular complexity index is 3020. The van der Waals surface area contributed by atoms with Gasteiger partial charge in [0, 0.05) is 85.8 Å². The number of halogens is 1. The minimum Gasteiger partial charge on any atom is -0.382 e. The summed E-state index contributed by atoms with van der Waals surface area (Å²) in [5.74, 6) is -0.755. The topological polar surface area (TPSA) is 178 Å². The first-order valence-corrected chi connectivity index (χ1v) is 27.7. The van der Waals surface area contributed by atoms with Crippen molar-refractivity contribution in [2.75, 3.05) is 54.8 Å². The second-order valence-electron chi connectivity index (χ2n) is 22.7. The highest BCUT2D eigenvalue weighted by Crippen LogP contribution is 2.52. The molecule has 0 radical (unpaired) electrons. The van der Waals surface area contributed by atoms with Gasteiger partial charge in [0.05, 0.1) is 46.7 Å². The van der Waals surface area contributed by atoms with Crippen LogP contribution in [-0.2, 0) is 29.4 Å². The Morgan fingerprint density at radius 1 is 0.813 bits per heavy atom. The molecule has 7 aliphatic rings. The minimum atomic E-state index is -0.759. The highest BCUT2D eigenvalue weighted by molar-refractivity contribution is 6.09. The second kappa shape index (κ2) is 20.1. The fourth-order valence-corrected chi connectivity index (χ4v) is 13.6. The maximum absolute atomic E-state index is 15.3. The number of pyridine rings is 2. The number of benzene rings is 2. The molecule has 3 N–H and O–H groups in total. The van der Waals surface area contributed by atoms with Crippen LogP contribution in [0.15, 0.2) is 73.3 Å². The molecule has 1 unspecified atom stereocenters. The largest absolute Gasteiger partial charge is 0.382 e. The molecule has 5 aromatic rings. The second-order valence-corrected chi connectivity index (χ2v) is 22.7. The first-order chi connectivity index (χ1) is 36.4. The number of rotatable bonds is 11. The van der Waals surface area contributed by atoms with Gasteiger partial charge < -0.3 is 34.8 Å². The first kappa shape index (κ1) is 49.1. The molecule has 75 heavy (non-hydrogen) atoms. The summed E-state index contributed by atoms with van der Waals surface area (Å²) in [5.41, 5.74) is 6.28. The standard InChI is InChI=1S/C58H68FN11O5/c1-35(2)69-34-61-49-31-48(64-53(52(49)69)63-47-18-22-60-32-46(47)59)38-10-16-45-50(28-38)70(43-29-42(30-43)66-23-4-3-5-24-66)57(75)58(45)20-26-67(27-21-58)56(74)39-19-25-68(33-39)55(73)37-8-13-41(14-9-37)62-40-11-6-36(7-12-40)44-15-17-51(71)65-54(44)72/h6-7,10-12,16,18,22,28,31-32,34-35,37,39,41-44,62H,3-5,8-9,13-15,17,19-21,23-27,29-30,33H2,1-2H3,(H,60,63,64)(H,65,71,72)/t37?,39-,41?,42?,43?,44?/m1/s1. The van der Waals surface area contributed by atoms with Crippen LogP contribution in [0.1, 0.15) is 127 Å². The molecule has 8 heterocycles. The third kappa shape index (κ3) is 9.22. The molecule has 5 amide bonds. The number of amides is 5. The Morgan fingerprint density at radius 2 is 1.57 bits per heavy atom. The average molecular weight is 1020 g/mol. The Kier molecular flexibility index (Phi) is 13.2. The highest BCUT2D eigenvalue weighted by atomic mass is 19.1. The number of carbonyl (C=O) groups excluding carboxylic acids is 5. The van der Waals surface area contributed by atoms with E-state index < -0.39 is 11.2 Å². The van der Waals surface area contributed by atoms with Crippen LogP contribution >= 0.6 is 0 Å². The Balaban J connectivity index is 0.715. The number of hydrogen-bond donors (Lipinski definition) is 3. The number of nitrogens with one attached hydrogen (secondary N) is 3. The summed E-state index contributed by atoms with van der Waals surface area (Å²) in [6, 6.07) is 18.6. The molecule has 0 bridgehead atoms. The van der Waals surface area contributed by atoms with Gasteiger partial charge in [-0.2, -0.15) is 0 Å². The molecule has 2 atom stereocenters. The third-order valence-corrected chi connectivity index (χ3v) is 18.0. The lowest BCUT2D eigenvalue weighted by molar-refractivity contribution is -0.140. The van der Waals surface area contributed by atoms with Crippen LogP contribution in [0.2, 0.25) is 0 Å². The molecule has 6 fully saturated rings. The minimum absolute atomic E-state index is 0.0677. The molecule has 4 saturated heterocycles. The van der Waals surface area contributed by atoms with Gasteiger partial charge in [-0.15, -0.1) is 0 Å². The van der Waals surface area contributed by atoms with E-state index in [1.165, 1.54) is 25.5 Å². The van der Waals surface area contributed by atoms with Crippen molar-refractivity contribution in [2.24, 2.45) is 11.8 Å². The van der Waals surface area contributed by atoms with Gasteiger partial charge in [0.25, 0.3) is 0 Å². The van der Waals surface area contributed by atoms with E-state index in [0.717, 1.165) is 90.7 Å². The molecular weight excluding hydrogens is 950 g/mol. The van der Waals surface area contributed by atoms with Crippen molar-refractivity contribution < 1.29 is 28.4 Å². The van der Waals surface area contributed by atoms with Gasteiger partial charge in [-0.1, -0.05) is 30.7 Å². The number of imidazole rings is 1. The van der Waals surface area contributed by atoms with E-state index in [9.17, 15) is 19.2 Å². The van der Waals surface area contributed by atoms with E-state index in [2.05, 4.69) is 62.8 Å². The summed E-state index contributed by atoms with van der Waals surface area (Å²) in [7, 11) is 0. The molecule has 5 aliphatic heterocycles. The fourth-order valence-electron chi connectivity index (χ4n) is 13.6. The van der Waals surface area contributed by atoms with Crippen LogP contribution in [0.3, 0.4) is 0 Å². The van der Waals surface area contributed by atoms with Crippen LogP contribution in [0, 0.1) is 17.7 Å². The van der Waals surface area contributed by atoms with Gasteiger partial charge in [-0.05, 0) is 145 Å². The number of likely N-dealkylation sites (tertiary alicyclic amines) is 3. The van der Waals surface area contributed by atoms with Crippen molar-refractivity contribution in [3.63, 3.8) is 0 Å². The van der Waals surface area contributed by atoms with Crippen LogP contribution in [0.25, 0.3) is 22.3 Å². The van der Waals surface area contributed by atoms with Crippen molar-refractivity contribution in [1.29, 1.82) is 0 Å². The highest BCUT2D eigenvalue weighted by Gasteiger charge is 2.56. The lowest BCUT2D eigenvalue weighted by Crippen LogP contribution is -2.58. The van der Waals surface area contributed by atoms with Crippen molar-refractivity contribution in [3.8, 4) is 11.3 Å². The zero-order valence-electron chi connectivity index (χ0n) is 43.1. The smallest absolute Gasteiger partial charge is 0.238 e. The van der Waals surface area contributed by atoms with Crippen LogP contribution < -0.4 is 20.9 Å². The molecule has 2 aromatic carbocycles. The van der Waals surface area contributed by atoms with Gasteiger partial charge in [0.2, 0.25) is 29.5 Å². The summed E-state index contributed by atoms with van der Waals surface area (Å²) >= 11 is 0. The van der Waals surface area contributed by atoms with E-state index in [0.29, 0.717) is 75.8 Å². The van der Waals surface area contributed by atoms with Crippen LogP contribution in [-0.4, -0.2) is 121 Å². The monoisotopic (exact) mass is 1020 g/mol. The number of aromatic nitrogens is 4. The van der Waals surface area contributed by atoms with Gasteiger partial charge in [-0.25, -0.2) is 14.4 Å². The summed E-state index contributed by atoms with van der Waals surface area (Å²) < 4.78 is 17.1. The molecule has 16 nitrogen and oxygen atoms in total.